The third-order valence-corrected chi connectivity index (χ3v) is 3.38. The van der Waals surface area contributed by atoms with Gasteiger partial charge in [0.15, 0.2) is 5.82 Å². The summed E-state index contributed by atoms with van der Waals surface area (Å²) in [7, 11) is 0. The fourth-order valence-corrected chi connectivity index (χ4v) is 2.21. The molecule has 1 heterocycles. The number of aliphatic hydroxyl groups excluding tert-OH is 1. The molecule has 0 unspecified atom stereocenters. The topological polar surface area (TPSA) is 70.9 Å². The lowest BCUT2D eigenvalue weighted by atomic mass is 10.1. The van der Waals surface area contributed by atoms with E-state index in [9.17, 15) is 9.50 Å². The zero-order chi connectivity index (χ0) is 16.1. The van der Waals surface area contributed by atoms with E-state index in [4.69, 9.17) is 0 Å². The molecule has 23 heavy (non-hydrogen) atoms. The molecule has 0 saturated heterocycles. The van der Waals surface area contributed by atoms with Crippen LogP contribution in [0, 0.1) is 5.82 Å². The van der Waals surface area contributed by atoms with Crippen molar-refractivity contribution in [3.63, 3.8) is 0 Å². The first-order valence-electron chi connectivity index (χ1n) is 7.13. The maximum absolute atomic E-state index is 13.3. The molecule has 0 spiro atoms. The van der Waals surface area contributed by atoms with Crippen LogP contribution in [0.3, 0.4) is 0 Å². The average Bonchev–Trinajstić information content (AvgIpc) is 2.60. The summed E-state index contributed by atoms with van der Waals surface area (Å²) >= 11 is 0. The van der Waals surface area contributed by atoms with Gasteiger partial charge in [0.25, 0.3) is 0 Å². The van der Waals surface area contributed by atoms with Gasteiger partial charge in [-0.15, -0.1) is 0 Å². The molecule has 0 aliphatic carbocycles. The standard InChI is InChI=1S/C17H15FN4O/c18-15-7-3-6-12(8-15)16-20-11-21-17(22-16)19-9-13-4-1-2-5-14(13)10-23/h1-8,11,23H,9-10H2,(H,19,20,21,22). The Bertz CT molecular complexity index is 810. The number of hydrogen-bond donors (Lipinski definition) is 2. The Morgan fingerprint density at radius 1 is 1.00 bits per heavy atom. The molecule has 0 radical (unpaired) electrons. The monoisotopic (exact) mass is 310 g/mol. The van der Waals surface area contributed by atoms with Crippen LogP contribution in [-0.2, 0) is 13.2 Å². The molecule has 0 fully saturated rings. The van der Waals surface area contributed by atoms with Gasteiger partial charge in [-0.2, -0.15) is 4.98 Å². The van der Waals surface area contributed by atoms with Crippen LogP contribution in [0.2, 0.25) is 0 Å². The zero-order valence-corrected chi connectivity index (χ0v) is 12.3. The Labute approximate surface area is 132 Å². The van der Waals surface area contributed by atoms with Gasteiger partial charge in [0.05, 0.1) is 6.61 Å². The zero-order valence-electron chi connectivity index (χ0n) is 12.3. The first-order chi connectivity index (χ1) is 11.3. The fraction of sp³-hybridized carbons (Fsp3) is 0.118. The first kappa shape index (κ1) is 15.1. The van der Waals surface area contributed by atoms with Crippen molar-refractivity contribution in [1.29, 1.82) is 0 Å². The third-order valence-electron chi connectivity index (χ3n) is 3.38. The molecule has 1 aromatic heterocycles. The molecule has 3 aromatic rings. The Kier molecular flexibility index (Phi) is 4.54. The lowest BCUT2D eigenvalue weighted by Gasteiger charge is -2.09. The molecule has 0 saturated carbocycles. The van der Waals surface area contributed by atoms with Gasteiger partial charge in [0.1, 0.15) is 12.1 Å². The molecule has 3 rings (SSSR count). The predicted molar refractivity (Wildman–Crippen MR) is 84.9 cm³/mol. The van der Waals surface area contributed by atoms with Crippen LogP contribution in [0.25, 0.3) is 11.4 Å². The highest BCUT2D eigenvalue weighted by Gasteiger charge is 2.06. The molecule has 5 nitrogen and oxygen atoms in total. The van der Waals surface area contributed by atoms with E-state index in [1.165, 1.54) is 18.5 Å². The van der Waals surface area contributed by atoms with E-state index in [0.717, 1.165) is 11.1 Å². The number of anilines is 1. The van der Waals surface area contributed by atoms with E-state index < -0.39 is 0 Å². The van der Waals surface area contributed by atoms with Crippen LogP contribution in [0.5, 0.6) is 0 Å². The second-order valence-electron chi connectivity index (χ2n) is 4.92. The van der Waals surface area contributed by atoms with E-state index >= 15 is 0 Å². The summed E-state index contributed by atoms with van der Waals surface area (Å²) in [6.07, 6.45) is 1.38. The lowest BCUT2D eigenvalue weighted by Crippen LogP contribution is -2.07. The van der Waals surface area contributed by atoms with Crippen molar-refractivity contribution in [2.75, 3.05) is 5.32 Å². The minimum absolute atomic E-state index is 0.0242. The summed E-state index contributed by atoms with van der Waals surface area (Å²) in [6.45, 7) is 0.451. The van der Waals surface area contributed by atoms with Gasteiger partial charge in [0.2, 0.25) is 5.95 Å². The Balaban J connectivity index is 1.78. The maximum atomic E-state index is 13.3. The van der Waals surface area contributed by atoms with E-state index in [1.54, 1.807) is 12.1 Å². The number of halogens is 1. The van der Waals surface area contributed by atoms with Gasteiger partial charge in [-0.25, -0.2) is 14.4 Å². The number of hydrogen-bond acceptors (Lipinski definition) is 5. The fourth-order valence-electron chi connectivity index (χ4n) is 2.21. The van der Waals surface area contributed by atoms with Crippen LogP contribution in [0.1, 0.15) is 11.1 Å². The van der Waals surface area contributed by atoms with Gasteiger partial charge in [-0.1, -0.05) is 36.4 Å². The van der Waals surface area contributed by atoms with Crippen molar-refractivity contribution in [1.82, 2.24) is 15.0 Å². The van der Waals surface area contributed by atoms with E-state index in [0.29, 0.717) is 23.9 Å². The van der Waals surface area contributed by atoms with Crippen molar-refractivity contribution in [2.45, 2.75) is 13.2 Å². The van der Waals surface area contributed by atoms with Crippen molar-refractivity contribution in [3.05, 3.63) is 71.8 Å². The molecule has 2 N–H and O–H groups in total. The van der Waals surface area contributed by atoms with E-state index in [-0.39, 0.29) is 12.4 Å². The molecule has 0 bridgehead atoms. The van der Waals surface area contributed by atoms with Crippen molar-refractivity contribution < 1.29 is 9.50 Å². The number of nitrogens with zero attached hydrogens (tertiary/aromatic N) is 3. The number of nitrogens with one attached hydrogen (secondary N) is 1. The Morgan fingerprint density at radius 2 is 1.83 bits per heavy atom. The smallest absolute Gasteiger partial charge is 0.226 e. The molecular formula is C17H15FN4O. The van der Waals surface area contributed by atoms with Gasteiger partial charge in [-0.05, 0) is 23.3 Å². The normalized spacial score (nSPS) is 10.5. The molecule has 0 amide bonds. The van der Waals surface area contributed by atoms with Crippen molar-refractivity contribution in [3.8, 4) is 11.4 Å². The quantitative estimate of drug-likeness (QED) is 0.758. The molecular weight excluding hydrogens is 295 g/mol. The predicted octanol–water partition coefficient (Wildman–Crippen LogP) is 2.78. The minimum Gasteiger partial charge on any atom is -0.392 e. The highest BCUT2D eigenvalue weighted by atomic mass is 19.1. The van der Waals surface area contributed by atoms with Crippen molar-refractivity contribution in [2.24, 2.45) is 0 Å². The number of rotatable bonds is 5. The third kappa shape index (κ3) is 3.67. The van der Waals surface area contributed by atoms with Gasteiger partial charge < -0.3 is 10.4 Å². The van der Waals surface area contributed by atoms with Gasteiger partial charge >= 0.3 is 0 Å². The summed E-state index contributed by atoms with van der Waals surface area (Å²) in [5.74, 6) is 0.457. The van der Waals surface area contributed by atoms with Crippen molar-refractivity contribution >= 4 is 5.95 Å². The van der Waals surface area contributed by atoms with Crippen LogP contribution in [0.15, 0.2) is 54.9 Å². The molecule has 116 valence electrons. The van der Waals surface area contributed by atoms with Crippen LogP contribution < -0.4 is 5.32 Å². The maximum Gasteiger partial charge on any atom is 0.226 e. The van der Waals surface area contributed by atoms with Crippen LogP contribution in [0.4, 0.5) is 10.3 Å². The number of aromatic nitrogens is 3. The second kappa shape index (κ2) is 6.93. The summed E-state index contributed by atoms with van der Waals surface area (Å²) in [5, 5.41) is 12.4. The Morgan fingerprint density at radius 3 is 2.61 bits per heavy atom. The lowest BCUT2D eigenvalue weighted by molar-refractivity contribution is 0.280. The summed E-state index contributed by atoms with van der Waals surface area (Å²) in [5.41, 5.74) is 2.40. The molecule has 0 aliphatic rings. The number of benzene rings is 2. The molecule has 2 aromatic carbocycles. The largest absolute Gasteiger partial charge is 0.392 e. The van der Waals surface area contributed by atoms with Crippen LogP contribution >= 0.6 is 0 Å². The molecule has 6 heteroatoms. The minimum atomic E-state index is -0.339. The molecule has 0 atom stereocenters. The van der Waals surface area contributed by atoms with E-state index in [1.807, 2.05) is 24.3 Å². The molecule has 0 aliphatic heterocycles. The Hall–Kier alpha value is -2.86. The van der Waals surface area contributed by atoms with Crippen LogP contribution in [-0.4, -0.2) is 20.1 Å². The number of aliphatic hydroxyl groups is 1. The summed E-state index contributed by atoms with van der Waals surface area (Å²) in [6, 6.07) is 13.7. The SMILES string of the molecule is OCc1ccccc1CNc1ncnc(-c2cccc(F)c2)n1. The highest BCUT2D eigenvalue weighted by molar-refractivity contribution is 5.55. The second-order valence-corrected chi connectivity index (χ2v) is 4.92. The van der Waals surface area contributed by atoms with E-state index in [2.05, 4.69) is 20.3 Å². The highest BCUT2D eigenvalue weighted by Crippen LogP contribution is 2.17. The van der Waals surface area contributed by atoms with Gasteiger partial charge in [-0.3, -0.25) is 0 Å². The average molecular weight is 310 g/mol. The summed E-state index contributed by atoms with van der Waals surface area (Å²) in [4.78, 5) is 12.4. The summed E-state index contributed by atoms with van der Waals surface area (Å²) < 4.78 is 13.3. The van der Waals surface area contributed by atoms with Gasteiger partial charge in [0, 0.05) is 12.1 Å². The first-order valence-corrected chi connectivity index (χ1v) is 7.13.